The number of carbonyl (C=O) groups excluding carboxylic acids is 1. The Labute approximate surface area is 234 Å². The van der Waals surface area contributed by atoms with E-state index in [2.05, 4.69) is 4.72 Å². The summed E-state index contributed by atoms with van der Waals surface area (Å²) in [6.45, 7) is 1.77. The van der Waals surface area contributed by atoms with E-state index in [9.17, 15) is 52.7 Å². The van der Waals surface area contributed by atoms with E-state index in [1.807, 2.05) is 0 Å². The van der Waals surface area contributed by atoms with E-state index < -0.39 is 51.3 Å². The predicted molar refractivity (Wildman–Crippen MR) is 138 cm³/mol. The quantitative estimate of drug-likeness (QED) is 0.179. The number of carbonyl (C=O) groups is 1. The number of allylic oxidation sites excluding steroid dienone is 3. The van der Waals surface area contributed by atoms with E-state index in [4.69, 9.17) is 11.5 Å². The number of nitrogens with one attached hydrogen (secondary N) is 1. The van der Waals surface area contributed by atoms with Crippen LogP contribution < -0.4 is 21.1 Å². The first-order chi connectivity index (χ1) is 18.5. The van der Waals surface area contributed by atoms with Crippen molar-refractivity contribution in [3.63, 3.8) is 0 Å². The van der Waals surface area contributed by atoms with Gasteiger partial charge in [0, 0.05) is 30.5 Å². The third-order valence-electron chi connectivity index (χ3n) is 4.95. The lowest BCUT2D eigenvalue weighted by atomic mass is 10.0. The molecular weight excluding hydrogens is 615 g/mol. The minimum atomic E-state index is -4.66. The average molecular weight is 643 g/mol. The Morgan fingerprint density at radius 1 is 1.12 bits per heavy atom. The number of anilines is 1. The first-order valence-corrected chi connectivity index (χ1v) is 13.8. The lowest BCUT2D eigenvalue weighted by Gasteiger charge is -2.32. The fourth-order valence-electron chi connectivity index (χ4n) is 3.20. The summed E-state index contributed by atoms with van der Waals surface area (Å²) in [4.78, 5) is 13.1. The molecule has 0 fully saturated rings. The van der Waals surface area contributed by atoms with Gasteiger partial charge in [-0.25, -0.2) is 13.1 Å². The summed E-state index contributed by atoms with van der Waals surface area (Å²) in [6.07, 6.45) is -11.6. The van der Waals surface area contributed by atoms with E-state index in [1.165, 1.54) is 17.9 Å². The Balaban J connectivity index is 0.00000154. The zero-order chi connectivity index (χ0) is 31.8. The van der Waals surface area contributed by atoms with Gasteiger partial charge in [-0.15, -0.1) is 11.8 Å². The van der Waals surface area contributed by atoms with E-state index in [1.54, 1.807) is 0 Å². The first-order valence-electron chi connectivity index (χ1n) is 11.4. The van der Waals surface area contributed by atoms with E-state index in [-0.39, 0.29) is 43.6 Å². The maximum Gasteiger partial charge on any atom is 0.416 e. The zero-order valence-electron chi connectivity index (χ0n) is 21.5. The largest absolute Gasteiger partial charge is 0.416 e. The zero-order valence-corrected chi connectivity index (χ0v) is 23.2. The lowest BCUT2D eigenvalue weighted by Crippen LogP contribution is -2.35. The van der Waals surface area contributed by atoms with Gasteiger partial charge in [-0.1, -0.05) is 12.2 Å². The molecule has 7 nitrogen and oxygen atoms in total. The van der Waals surface area contributed by atoms with Gasteiger partial charge in [-0.3, -0.25) is 4.79 Å². The maximum atomic E-state index is 13.2. The molecule has 1 amide bonds. The number of sulfonamides is 1. The number of halogens is 9. The maximum absolute atomic E-state index is 13.2. The topological polar surface area (TPSA) is 119 Å². The normalized spacial score (nSPS) is 15.7. The monoisotopic (exact) mass is 642 g/mol. The van der Waals surface area contributed by atoms with Crippen LogP contribution in [0.1, 0.15) is 42.6 Å². The summed E-state index contributed by atoms with van der Waals surface area (Å²) in [5, 5.41) is 0. The second kappa shape index (κ2) is 14.4. The standard InChI is InChI=1S/C21H24F6N4O3S2.C2H3F3/c1-2-3-14(6-8-20(22,23)24)36(33,34)30-12-35-18-11-31(9-7-16(18)28)17-10-13(21(25,26)27)4-5-15(17)19(29)32;1-2(3,4)5/h2-6,10,30H,7-9,11-12,28H2,1H3,(H2,29,32);1H3/b3-2-,14-6+;. The Kier molecular flexibility index (Phi) is 12.7. The highest BCUT2D eigenvalue weighted by atomic mass is 32.2. The molecule has 0 bridgehead atoms. The number of benzene rings is 1. The van der Waals surface area contributed by atoms with Crippen LogP contribution in [0.3, 0.4) is 0 Å². The highest BCUT2D eigenvalue weighted by Gasteiger charge is 2.33. The van der Waals surface area contributed by atoms with Gasteiger partial charge in [0.05, 0.1) is 40.6 Å². The van der Waals surface area contributed by atoms with Gasteiger partial charge in [-0.2, -0.15) is 39.5 Å². The number of hydrogen-bond donors (Lipinski definition) is 3. The molecule has 1 aliphatic rings. The number of rotatable bonds is 9. The van der Waals surface area contributed by atoms with Gasteiger partial charge in [-0.05, 0) is 31.2 Å². The molecule has 5 N–H and O–H groups in total. The van der Waals surface area contributed by atoms with E-state index in [0.29, 0.717) is 16.7 Å². The van der Waals surface area contributed by atoms with Gasteiger partial charge in [0.2, 0.25) is 10.0 Å². The third-order valence-corrected chi connectivity index (χ3v) is 7.61. The van der Waals surface area contributed by atoms with Crippen molar-refractivity contribution in [2.75, 3.05) is 23.9 Å². The van der Waals surface area contributed by atoms with Crippen LogP contribution in [0.25, 0.3) is 0 Å². The molecule has 0 unspecified atom stereocenters. The number of thioether (sulfide) groups is 1. The van der Waals surface area contributed by atoms with Crippen LogP contribution in [0.15, 0.2) is 51.9 Å². The summed E-state index contributed by atoms with van der Waals surface area (Å²) >= 11 is 0.925. The number of alkyl halides is 9. The molecule has 0 saturated carbocycles. The Morgan fingerprint density at radius 2 is 1.71 bits per heavy atom. The van der Waals surface area contributed by atoms with Crippen molar-refractivity contribution in [2.45, 2.75) is 45.2 Å². The van der Waals surface area contributed by atoms with Crippen molar-refractivity contribution in [1.82, 2.24) is 4.72 Å². The predicted octanol–water partition coefficient (Wildman–Crippen LogP) is 5.78. The molecule has 1 aromatic carbocycles. The Morgan fingerprint density at radius 3 is 2.20 bits per heavy atom. The third kappa shape index (κ3) is 13.1. The molecule has 0 radical (unpaired) electrons. The number of amides is 1. The molecule has 0 spiro atoms. The van der Waals surface area contributed by atoms with Gasteiger partial charge in [0.25, 0.3) is 5.91 Å². The second-order valence-electron chi connectivity index (χ2n) is 8.36. The SMILES string of the molecule is C/C=C\C(=C/CC(F)(F)F)S(=O)(=O)NCSC1=C(N)CCN(c2cc(C(F)(F)F)ccc2C(N)=O)C1.CC(F)(F)F. The average Bonchev–Trinajstić information content (AvgIpc) is 2.80. The summed E-state index contributed by atoms with van der Waals surface area (Å²) in [5.74, 6) is -1.23. The molecule has 1 aliphatic heterocycles. The van der Waals surface area contributed by atoms with Crippen molar-refractivity contribution in [3.8, 4) is 0 Å². The van der Waals surface area contributed by atoms with Crippen LogP contribution in [0, 0.1) is 0 Å². The fraction of sp³-hybridized carbons (Fsp3) is 0.435. The molecule has 0 saturated heterocycles. The summed E-state index contributed by atoms with van der Waals surface area (Å²) < 4.78 is 135. The van der Waals surface area contributed by atoms with Crippen molar-refractivity contribution in [2.24, 2.45) is 11.5 Å². The molecule has 2 rings (SSSR count). The van der Waals surface area contributed by atoms with Gasteiger partial charge in [0.1, 0.15) is 0 Å². The molecule has 232 valence electrons. The van der Waals surface area contributed by atoms with Gasteiger partial charge < -0.3 is 16.4 Å². The minimum Gasteiger partial charge on any atom is -0.401 e. The molecule has 18 heteroatoms. The molecule has 1 aromatic rings. The summed E-state index contributed by atoms with van der Waals surface area (Å²) in [5.41, 5.74) is 10.5. The molecule has 0 atom stereocenters. The number of primary amides is 1. The van der Waals surface area contributed by atoms with Crippen LogP contribution in [0.2, 0.25) is 0 Å². The smallest absolute Gasteiger partial charge is 0.401 e. The second-order valence-corrected chi connectivity index (χ2v) is 11.2. The fourth-order valence-corrected chi connectivity index (χ4v) is 5.55. The van der Waals surface area contributed by atoms with Crippen LogP contribution in [-0.4, -0.2) is 45.6 Å². The molecule has 1 heterocycles. The van der Waals surface area contributed by atoms with Crippen molar-refractivity contribution in [3.05, 3.63) is 63.1 Å². The number of hydrogen-bond acceptors (Lipinski definition) is 6. The Hall–Kier alpha value is -2.86. The van der Waals surface area contributed by atoms with Crippen LogP contribution in [-0.2, 0) is 16.2 Å². The summed E-state index contributed by atoms with van der Waals surface area (Å²) in [6, 6.07) is 2.54. The number of nitrogens with zero attached hydrogens (tertiary/aromatic N) is 1. The van der Waals surface area contributed by atoms with Crippen LogP contribution in [0.5, 0.6) is 0 Å². The van der Waals surface area contributed by atoms with Crippen molar-refractivity contribution in [1.29, 1.82) is 0 Å². The molecule has 0 aromatic heterocycles. The van der Waals surface area contributed by atoms with Crippen LogP contribution in [0.4, 0.5) is 45.2 Å². The first kappa shape index (κ1) is 36.2. The highest BCUT2D eigenvalue weighted by Crippen LogP contribution is 2.36. The van der Waals surface area contributed by atoms with Gasteiger partial charge >= 0.3 is 18.5 Å². The van der Waals surface area contributed by atoms with Gasteiger partial charge in [0.15, 0.2) is 0 Å². The molecule has 41 heavy (non-hydrogen) atoms. The number of nitrogens with two attached hydrogens (primary N) is 2. The summed E-state index contributed by atoms with van der Waals surface area (Å²) in [7, 11) is -4.29. The minimum absolute atomic E-state index is 0.0363. The lowest BCUT2D eigenvalue weighted by molar-refractivity contribution is -0.137. The van der Waals surface area contributed by atoms with Crippen LogP contribution >= 0.6 is 11.8 Å². The van der Waals surface area contributed by atoms with Crippen molar-refractivity contribution >= 4 is 33.4 Å². The van der Waals surface area contributed by atoms with Crippen molar-refractivity contribution < 1.29 is 52.7 Å². The van der Waals surface area contributed by atoms with E-state index >= 15 is 0 Å². The molecule has 0 aliphatic carbocycles. The molecular formula is C23H27F9N4O3S2. The van der Waals surface area contributed by atoms with E-state index in [0.717, 1.165) is 36.0 Å². The highest BCUT2D eigenvalue weighted by molar-refractivity contribution is 8.04. The Bertz CT molecular complexity index is 1260.